The fourth-order valence-corrected chi connectivity index (χ4v) is 13.9. The number of fused-ring (bicyclic) bond motifs is 3. The summed E-state index contributed by atoms with van der Waals surface area (Å²) in [6.45, 7) is 32.7. The van der Waals surface area contributed by atoms with Crippen LogP contribution in [0.2, 0.25) is 0 Å². The van der Waals surface area contributed by atoms with E-state index in [9.17, 15) is 27.2 Å². The second-order valence-electron chi connectivity index (χ2n) is 32.6. The SMILES string of the molecule is CC(C)(C)OC(=O)N1CCc2ccc(B3OC(C)(C)C(C)(C)O3)cc2C1.Cc1ccnc(CCl)c1.Cc1ccnc(COc2ccc(F)cc2-c2ccc3c(c2)CN(C(=O)OC(C)(C)C)CC3)c1.Cc1ccnc(COc2ccc(F)cc2-c2ccc3c(c2)CNCC3)c1.Cc1ccnc(COc2ccc(F)cc2Br)c1.Oc1ccc(F)cc1Br. The van der Waals surface area contributed by atoms with Crippen LogP contribution in [-0.4, -0.2) is 96.2 Å². The summed E-state index contributed by atoms with van der Waals surface area (Å²) >= 11 is 11.7. The van der Waals surface area contributed by atoms with Gasteiger partial charge in [0.2, 0.25) is 0 Å². The zero-order chi connectivity index (χ0) is 86.6. The molecule has 0 aliphatic carbocycles. The molecule has 11 aromatic rings. The quantitative estimate of drug-likeness (QED) is 0.0629. The summed E-state index contributed by atoms with van der Waals surface area (Å²) in [4.78, 5) is 45.3. The number of halogens is 7. The van der Waals surface area contributed by atoms with E-state index in [2.05, 4.69) is 121 Å². The van der Waals surface area contributed by atoms with Gasteiger partial charge in [-0.25, -0.2) is 27.2 Å². The van der Waals surface area contributed by atoms with Crippen molar-refractivity contribution in [2.75, 3.05) is 19.6 Å². The van der Waals surface area contributed by atoms with E-state index in [-0.39, 0.29) is 66.1 Å². The first kappa shape index (κ1) is 92.1. The fourth-order valence-electron chi connectivity index (χ4n) is 13.0. The average molecular weight is 1780 g/mol. The Balaban J connectivity index is 0.000000159. The third-order valence-electron chi connectivity index (χ3n) is 19.8. The molecule has 4 aliphatic rings. The highest BCUT2D eigenvalue weighted by Gasteiger charge is 2.52. The first-order valence-electron chi connectivity index (χ1n) is 39.6. The summed E-state index contributed by atoms with van der Waals surface area (Å²) in [5.74, 6) is 1.15. The molecule has 2 N–H and O–H groups in total. The lowest BCUT2D eigenvalue weighted by Crippen LogP contribution is -2.41. The van der Waals surface area contributed by atoms with Gasteiger partial charge in [0.05, 0.1) is 48.8 Å². The van der Waals surface area contributed by atoms with Crippen molar-refractivity contribution < 1.29 is 65.3 Å². The second kappa shape index (κ2) is 41.9. The van der Waals surface area contributed by atoms with Crippen LogP contribution < -0.4 is 25.0 Å². The van der Waals surface area contributed by atoms with Gasteiger partial charge in [-0.2, -0.15) is 0 Å². The lowest BCUT2D eigenvalue weighted by molar-refractivity contribution is 0.00578. The van der Waals surface area contributed by atoms with E-state index >= 15 is 0 Å². The van der Waals surface area contributed by atoms with Gasteiger partial charge in [0, 0.05) is 68.6 Å². The van der Waals surface area contributed by atoms with Gasteiger partial charge >= 0.3 is 19.3 Å². The number of aromatic hydroxyl groups is 1. The lowest BCUT2D eigenvalue weighted by atomic mass is 9.77. The monoisotopic (exact) mass is 1780 g/mol. The van der Waals surface area contributed by atoms with Crippen molar-refractivity contribution >= 4 is 68.2 Å². The minimum atomic E-state index is -0.542. The van der Waals surface area contributed by atoms with Crippen LogP contribution in [0.25, 0.3) is 22.3 Å². The molecule has 1 fully saturated rings. The van der Waals surface area contributed by atoms with Crippen LogP contribution >= 0.6 is 43.5 Å². The van der Waals surface area contributed by atoms with Gasteiger partial charge in [0.15, 0.2) is 0 Å². The molecular weight excluding hydrogens is 1680 g/mol. The molecule has 2 amide bonds. The summed E-state index contributed by atoms with van der Waals surface area (Å²) in [6.07, 6.45) is 9.07. The van der Waals surface area contributed by atoms with E-state index in [1.807, 2.05) is 136 Å². The van der Waals surface area contributed by atoms with E-state index in [0.29, 0.717) is 77.0 Å². The van der Waals surface area contributed by atoms with Crippen molar-refractivity contribution in [1.82, 2.24) is 35.1 Å². The standard InChI is InChI=1S/C27H29FN2O3.C22H21FN2O.C20H30BNO4.C13H11BrFNO.C7H8ClN.C6H4BrFO/c1-18-9-11-29-23(13-18)17-32-25-8-7-22(28)15-24(25)20-6-5-19-10-12-30(16-21(19)14-20)26(31)33-27(2,3)4;1-15-6-9-25-20(10-15)14-26-22-5-4-19(23)12-21(22)17-3-2-16-7-8-24-13-18(16)11-17;1-18(2,3)24-17(23)22-11-10-14-8-9-16(12-15(14)13-22)21-25-19(4,5)20(6,7)26-21;1-9-4-5-16-11(6-9)8-17-13-3-2-10(15)7-12(13)14;1-6-2-3-9-7(4-6)5-8;7-5-3-4(8)1-2-6(5)9/h5-9,11,13-15H,10,12,16-17H2,1-4H3;2-6,9-12,24H,7-8,13-14H2,1H3;8-9,12H,10-11,13H2,1-7H3;2-7H,8H2,1H3;2-4H,5H2,1H3;1-3,9H. The van der Waals surface area contributed by atoms with E-state index in [1.165, 1.54) is 82.4 Å². The number of alkyl halides is 1. The summed E-state index contributed by atoms with van der Waals surface area (Å²) in [5, 5.41) is 12.2. The predicted molar refractivity (Wildman–Crippen MR) is 470 cm³/mol. The number of hydrogen-bond donors (Lipinski definition) is 2. The average Bonchev–Trinajstić information content (AvgIpc) is 1.62. The van der Waals surface area contributed by atoms with Gasteiger partial charge in [-0.1, -0.05) is 42.5 Å². The first-order valence-corrected chi connectivity index (χ1v) is 41.7. The molecule has 0 unspecified atom stereocenters. The molecule has 0 saturated carbocycles. The molecule has 1 saturated heterocycles. The number of carbonyl (C=O) groups is 2. The number of hydrogen-bond acceptors (Lipinski definition) is 15. The normalized spacial score (nSPS) is 14.1. The van der Waals surface area contributed by atoms with Crippen LogP contribution in [0.15, 0.2) is 210 Å². The van der Waals surface area contributed by atoms with Crippen LogP contribution in [0.4, 0.5) is 27.2 Å². The molecule has 0 atom stereocenters. The molecule has 630 valence electrons. The number of carbonyl (C=O) groups excluding carboxylic acids is 2. The third-order valence-corrected chi connectivity index (χ3v) is 21.4. The maximum atomic E-state index is 14.2. The second-order valence-corrected chi connectivity index (χ2v) is 34.5. The van der Waals surface area contributed by atoms with E-state index in [4.69, 9.17) is 49.7 Å². The molecule has 25 heteroatoms. The number of aromatic nitrogens is 4. The molecule has 17 nitrogen and oxygen atoms in total. The Morgan fingerprint density at radius 3 is 1.27 bits per heavy atom. The number of rotatable bonds is 13. The van der Waals surface area contributed by atoms with Gasteiger partial charge in [0.1, 0.15) is 77.3 Å². The Hall–Kier alpha value is -10.2. The number of pyridine rings is 4. The van der Waals surface area contributed by atoms with Gasteiger partial charge in [-0.15, -0.1) is 11.6 Å². The summed E-state index contributed by atoms with van der Waals surface area (Å²) < 4.78 is 95.1. The lowest BCUT2D eigenvalue weighted by Gasteiger charge is -2.32. The Kier molecular flexibility index (Phi) is 32.1. The Bertz CT molecular complexity index is 5350. The fraction of sp³-hybridized carbons (Fsp3) is 0.326. The van der Waals surface area contributed by atoms with Crippen molar-refractivity contribution in [3.8, 4) is 45.3 Å². The first-order chi connectivity index (χ1) is 56.9. The number of ether oxygens (including phenoxy) is 5. The van der Waals surface area contributed by atoms with Crippen LogP contribution in [0, 0.1) is 51.0 Å². The Morgan fingerprint density at radius 2 is 0.858 bits per heavy atom. The van der Waals surface area contributed by atoms with Crippen LogP contribution in [0.5, 0.6) is 23.0 Å². The third kappa shape index (κ3) is 27.4. The molecular formula is C95H103BBr2ClF4N7O10. The zero-order valence-electron chi connectivity index (χ0n) is 70.3. The molecule has 0 spiro atoms. The number of nitrogens with zero attached hydrogens (tertiary/aromatic N) is 6. The highest BCUT2D eigenvalue weighted by Crippen LogP contribution is 2.39. The molecule has 15 rings (SSSR count). The highest BCUT2D eigenvalue weighted by atomic mass is 79.9. The minimum absolute atomic E-state index is 0.0522. The maximum absolute atomic E-state index is 14.2. The van der Waals surface area contributed by atoms with Gasteiger partial charge < -0.3 is 53.2 Å². The van der Waals surface area contributed by atoms with Gasteiger partial charge in [-0.3, -0.25) is 19.9 Å². The molecule has 120 heavy (non-hydrogen) atoms. The maximum Gasteiger partial charge on any atom is 0.494 e. The summed E-state index contributed by atoms with van der Waals surface area (Å²) in [6, 6.07) is 51.5. The molecule has 0 radical (unpaired) electrons. The topological polar surface area (TPSA) is 189 Å². The number of amides is 2. The van der Waals surface area contributed by atoms with E-state index in [1.54, 1.807) is 52.8 Å². The van der Waals surface area contributed by atoms with Crippen molar-refractivity contribution in [2.24, 2.45) is 0 Å². The predicted octanol–water partition coefficient (Wildman–Crippen LogP) is 22.1. The highest BCUT2D eigenvalue weighted by molar-refractivity contribution is 9.11. The zero-order valence-corrected chi connectivity index (χ0v) is 74.2. The molecule has 4 aliphatic heterocycles. The van der Waals surface area contributed by atoms with Crippen molar-refractivity contribution in [3.63, 3.8) is 0 Å². The van der Waals surface area contributed by atoms with Crippen molar-refractivity contribution in [3.05, 3.63) is 311 Å². The van der Waals surface area contributed by atoms with E-state index < -0.39 is 11.2 Å². The van der Waals surface area contributed by atoms with Gasteiger partial charge in [0.25, 0.3) is 0 Å². The number of aryl methyl sites for hydroxylation is 4. The molecule has 7 aromatic carbocycles. The minimum Gasteiger partial charge on any atom is -0.507 e. The number of phenolic OH excluding ortho intramolecular Hbond substituents is 1. The number of nitrogens with one attached hydrogen (secondary N) is 1. The number of benzene rings is 7. The molecule has 8 heterocycles. The number of phenols is 1. The van der Waals surface area contributed by atoms with Crippen LogP contribution in [0.3, 0.4) is 0 Å². The van der Waals surface area contributed by atoms with E-state index in [0.717, 1.165) is 105 Å². The Morgan fingerprint density at radius 1 is 0.475 bits per heavy atom. The molecule has 0 bridgehead atoms. The van der Waals surface area contributed by atoms with Gasteiger partial charge in [-0.05, 0) is 360 Å². The summed E-state index contributed by atoms with van der Waals surface area (Å²) in [5.41, 5.74) is 17.8. The Labute approximate surface area is 724 Å². The van der Waals surface area contributed by atoms with Crippen molar-refractivity contribution in [2.45, 2.75) is 184 Å². The smallest absolute Gasteiger partial charge is 0.494 e. The molecule has 4 aromatic heterocycles. The van der Waals surface area contributed by atoms with Crippen LogP contribution in [0.1, 0.15) is 148 Å². The largest absolute Gasteiger partial charge is 0.507 e. The summed E-state index contributed by atoms with van der Waals surface area (Å²) in [7, 11) is -0.387. The van der Waals surface area contributed by atoms with Crippen molar-refractivity contribution in [1.29, 1.82) is 0 Å². The van der Waals surface area contributed by atoms with Crippen LogP contribution in [-0.2, 0) is 83.4 Å².